The van der Waals surface area contributed by atoms with Gasteiger partial charge >= 0.3 is 13.2 Å². The number of ether oxygens (including phenoxy) is 1. The van der Waals surface area contributed by atoms with Crippen molar-refractivity contribution in [3.05, 3.63) is 0 Å². The fourth-order valence-electron chi connectivity index (χ4n) is 0.532. The maximum atomic E-state index is 11.1. The maximum Gasteiger partial charge on any atom is 0.587 e. The molecule has 1 amide bonds. The molecule has 0 aromatic heterocycles. The smallest absolute Gasteiger partial charge is 0.465 e. The van der Waals surface area contributed by atoms with Gasteiger partial charge in [-0.1, -0.05) is 0 Å². The number of esters is 1. The van der Waals surface area contributed by atoms with Crippen molar-refractivity contribution in [2.75, 3.05) is 19.1 Å². The summed E-state index contributed by atoms with van der Waals surface area (Å²) in [6.07, 6.45) is 0. The SMILES string of the molecule is CCOC(=O)CS[P+](=O)OCNC(C)=O. The third-order valence-electron chi connectivity index (χ3n) is 1.08. The van der Waals surface area contributed by atoms with Gasteiger partial charge in [0.15, 0.2) is 18.1 Å². The van der Waals surface area contributed by atoms with E-state index in [1.54, 1.807) is 6.92 Å². The van der Waals surface area contributed by atoms with E-state index in [0.717, 1.165) is 11.4 Å². The van der Waals surface area contributed by atoms with Crippen LogP contribution in [0.15, 0.2) is 0 Å². The van der Waals surface area contributed by atoms with E-state index in [0.29, 0.717) is 6.61 Å². The molecule has 1 N–H and O–H groups in total. The largest absolute Gasteiger partial charge is 0.587 e. The van der Waals surface area contributed by atoms with Crippen LogP contribution in [0.5, 0.6) is 0 Å². The third kappa shape index (κ3) is 9.65. The number of carbonyl (C=O) groups excluding carboxylic acids is 2. The number of rotatable bonds is 7. The van der Waals surface area contributed by atoms with Gasteiger partial charge in [0.1, 0.15) is 5.75 Å². The van der Waals surface area contributed by atoms with Crippen molar-refractivity contribution in [2.45, 2.75) is 13.8 Å². The fourth-order valence-corrected chi connectivity index (χ4v) is 2.08. The summed E-state index contributed by atoms with van der Waals surface area (Å²) in [5.74, 6) is -0.730. The number of hydrogen-bond acceptors (Lipinski definition) is 6. The van der Waals surface area contributed by atoms with Crippen LogP contribution in [0.25, 0.3) is 0 Å². The number of hydrogen-bond donors (Lipinski definition) is 1. The van der Waals surface area contributed by atoms with Crippen LogP contribution in [0.3, 0.4) is 0 Å². The van der Waals surface area contributed by atoms with Gasteiger partial charge in [-0.05, 0) is 11.5 Å². The summed E-state index contributed by atoms with van der Waals surface area (Å²) in [5, 5.41) is 2.31. The van der Waals surface area contributed by atoms with Crippen LogP contribution in [0, 0.1) is 0 Å². The Bertz CT molecular complexity index is 248. The summed E-state index contributed by atoms with van der Waals surface area (Å²) in [6.45, 7) is 3.18. The van der Waals surface area contributed by atoms with Gasteiger partial charge in [-0.2, -0.15) is 0 Å². The van der Waals surface area contributed by atoms with E-state index in [1.807, 2.05) is 0 Å². The van der Waals surface area contributed by atoms with Gasteiger partial charge in [0, 0.05) is 6.92 Å². The molecule has 0 saturated heterocycles. The molecule has 0 aromatic carbocycles. The molecule has 0 spiro atoms. The van der Waals surface area contributed by atoms with Crippen molar-refractivity contribution in [3.63, 3.8) is 0 Å². The first kappa shape index (κ1) is 14.3. The van der Waals surface area contributed by atoms with Crippen molar-refractivity contribution in [3.8, 4) is 0 Å². The first-order valence-corrected chi connectivity index (χ1v) is 6.96. The van der Waals surface area contributed by atoms with E-state index in [-0.39, 0.29) is 18.4 Å². The lowest BCUT2D eigenvalue weighted by molar-refractivity contribution is -0.139. The zero-order chi connectivity index (χ0) is 11.7. The lowest BCUT2D eigenvalue weighted by atomic mass is 10.7. The molecule has 15 heavy (non-hydrogen) atoms. The summed E-state index contributed by atoms with van der Waals surface area (Å²) < 4.78 is 20.4. The van der Waals surface area contributed by atoms with E-state index in [2.05, 4.69) is 10.1 Å². The van der Waals surface area contributed by atoms with E-state index in [9.17, 15) is 14.2 Å². The molecule has 1 atom stereocenters. The molecule has 0 rings (SSSR count). The Hall–Kier alpha value is -0.650. The summed E-state index contributed by atoms with van der Waals surface area (Å²) in [5.41, 5.74) is 0. The highest BCUT2D eigenvalue weighted by molar-refractivity contribution is 8.50. The minimum absolute atomic E-state index is 0.0247. The van der Waals surface area contributed by atoms with Crippen molar-refractivity contribution < 1.29 is 23.4 Å². The Morgan fingerprint density at radius 2 is 2.13 bits per heavy atom. The molecular weight excluding hydrogens is 241 g/mol. The average molecular weight is 254 g/mol. The zero-order valence-electron chi connectivity index (χ0n) is 8.52. The molecule has 0 aliphatic carbocycles. The maximum absolute atomic E-state index is 11.1. The van der Waals surface area contributed by atoms with Crippen LogP contribution in [-0.2, 0) is 23.4 Å². The van der Waals surface area contributed by atoms with Crippen LogP contribution in [0.2, 0.25) is 0 Å². The van der Waals surface area contributed by atoms with Crippen molar-refractivity contribution in [2.24, 2.45) is 0 Å². The van der Waals surface area contributed by atoms with Gasteiger partial charge in [0.05, 0.1) is 6.61 Å². The highest BCUT2D eigenvalue weighted by atomic mass is 32.7. The molecular formula is C7H13NO5PS+. The van der Waals surface area contributed by atoms with Gasteiger partial charge in [-0.3, -0.25) is 9.59 Å². The monoisotopic (exact) mass is 254 g/mol. The molecule has 0 fully saturated rings. The molecule has 8 heteroatoms. The Labute approximate surface area is 92.7 Å². The van der Waals surface area contributed by atoms with Crippen LogP contribution < -0.4 is 5.32 Å². The van der Waals surface area contributed by atoms with Crippen LogP contribution >= 0.6 is 18.6 Å². The van der Waals surface area contributed by atoms with Gasteiger partial charge in [-0.25, -0.2) is 0 Å². The quantitative estimate of drug-likeness (QED) is 0.415. The van der Waals surface area contributed by atoms with Crippen molar-refractivity contribution >= 4 is 30.5 Å². The Balaban J connectivity index is 3.49. The van der Waals surface area contributed by atoms with Crippen LogP contribution in [0.1, 0.15) is 13.8 Å². The first-order valence-electron chi connectivity index (χ1n) is 4.19. The second-order valence-corrected chi connectivity index (χ2v) is 5.23. The predicted molar refractivity (Wildman–Crippen MR) is 56.5 cm³/mol. The molecule has 0 bridgehead atoms. The molecule has 6 nitrogen and oxygen atoms in total. The van der Waals surface area contributed by atoms with Gasteiger partial charge in [0.2, 0.25) is 5.91 Å². The molecule has 0 radical (unpaired) electrons. The Morgan fingerprint density at radius 3 is 2.67 bits per heavy atom. The minimum Gasteiger partial charge on any atom is -0.465 e. The molecule has 0 aliphatic heterocycles. The summed E-state index contributed by atoms with van der Waals surface area (Å²) in [4.78, 5) is 21.2. The standard InChI is InChI=1S/C7H12NO5PS/c1-3-12-7(10)4-15-14(11)13-5-8-6(2)9/h3-5H2,1-2H3/p+1. The molecule has 1 unspecified atom stereocenters. The summed E-state index contributed by atoms with van der Waals surface area (Å²) in [6, 6.07) is 0. The van der Waals surface area contributed by atoms with E-state index in [1.165, 1.54) is 6.92 Å². The van der Waals surface area contributed by atoms with Crippen LogP contribution in [0.4, 0.5) is 0 Å². The Kier molecular flexibility index (Phi) is 8.27. The number of carbonyl (C=O) groups is 2. The second kappa shape index (κ2) is 8.64. The average Bonchev–Trinajstić information content (AvgIpc) is 2.14. The Morgan fingerprint density at radius 1 is 1.47 bits per heavy atom. The van der Waals surface area contributed by atoms with E-state index >= 15 is 0 Å². The van der Waals surface area contributed by atoms with Crippen LogP contribution in [-0.4, -0.2) is 31.0 Å². The second-order valence-electron chi connectivity index (χ2n) is 2.31. The predicted octanol–water partition coefficient (Wildman–Crippen LogP) is 1.05. The highest BCUT2D eigenvalue weighted by Crippen LogP contribution is 2.38. The lowest BCUT2D eigenvalue weighted by Crippen LogP contribution is -2.21. The molecule has 0 heterocycles. The topological polar surface area (TPSA) is 81.7 Å². The zero-order valence-corrected chi connectivity index (χ0v) is 10.2. The minimum atomic E-state index is -2.00. The molecule has 0 aliphatic rings. The van der Waals surface area contributed by atoms with E-state index in [4.69, 9.17) is 4.52 Å². The van der Waals surface area contributed by atoms with Crippen molar-refractivity contribution in [1.82, 2.24) is 5.32 Å². The molecule has 0 aromatic rings. The van der Waals surface area contributed by atoms with Gasteiger partial charge in [-0.15, -0.1) is 4.52 Å². The van der Waals surface area contributed by atoms with E-state index < -0.39 is 13.2 Å². The van der Waals surface area contributed by atoms with Gasteiger partial charge in [0.25, 0.3) is 0 Å². The highest BCUT2D eigenvalue weighted by Gasteiger charge is 2.22. The summed E-state index contributed by atoms with van der Waals surface area (Å²) in [7, 11) is -2.00. The first-order chi connectivity index (χ1) is 7.06. The lowest BCUT2D eigenvalue weighted by Gasteiger charge is -1.95. The molecule has 0 saturated carbocycles. The fraction of sp³-hybridized carbons (Fsp3) is 0.714. The van der Waals surface area contributed by atoms with Crippen molar-refractivity contribution in [1.29, 1.82) is 0 Å². The number of amides is 1. The number of nitrogens with one attached hydrogen (secondary N) is 1. The summed E-state index contributed by atoms with van der Waals surface area (Å²) >= 11 is 0.837. The normalized spacial score (nSPS) is 10.7. The van der Waals surface area contributed by atoms with Gasteiger partial charge < -0.3 is 10.1 Å². The third-order valence-corrected chi connectivity index (χ3v) is 3.34. The molecule has 86 valence electrons.